The molecule has 0 aliphatic heterocycles. The van der Waals surface area contributed by atoms with Gasteiger partial charge in [0.25, 0.3) is 21.8 Å². The van der Waals surface area contributed by atoms with Gasteiger partial charge >= 0.3 is 0 Å². The van der Waals surface area contributed by atoms with E-state index >= 15 is 0 Å². The van der Waals surface area contributed by atoms with Crippen LogP contribution in [-0.2, 0) is 10.0 Å². The molecule has 32 heavy (non-hydrogen) atoms. The monoisotopic (exact) mass is 449 g/mol. The summed E-state index contributed by atoms with van der Waals surface area (Å²) in [6, 6.07) is 19.6. The Hall–Kier alpha value is -3.65. The first-order chi connectivity index (χ1) is 15.3. The van der Waals surface area contributed by atoms with Gasteiger partial charge in [-0.3, -0.25) is 14.3 Å². The topological polar surface area (TPSA) is 104 Å². The molecule has 0 radical (unpaired) electrons. The third-order valence-corrected chi connectivity index (χ3v) is 6.41. The van der Waals surface area contributed by atoms with Gasteiger partial charge in [-0.25, -0.2) is 8.42 Å². The molecule has 7 nitrogen and oxygen atoms in total. The van der Waals surface area contributed by atoms with E-state index in [-0.39, 0.29) is 22.4 Å². The Morgan fingerprint density at radius 3 is 2.12 bits per heavy atom. The van der Waals surface area contributed by atoms with Crippen LogP contribution in [-0.4, -0.2) is 26.3 Å². The molecule has 3 aromatic carbocycles. The molecule has 0 atom stereocenters. The van der Waals surface area contributed by atoms with E-state index in [9.17, 15) is 18.0 Å². The van der Waals surface area contributed by atoms with Gasteiger partial charge in [0.15, 0.2) is 0 Å². The average molecular weight is 450 g/mol. The van der Waals surface area contributed by atoms with Crippen LogP contribution in [0.5, 0.6) is 0 Å². The molecule has 3 N–H and O–H groups in total. The molecule has 1 aliphatic rings. The number of carbonyl (C=O) groups excluding carboxylic acids is 2. The van der Waals surface area contributed by atoms with Crippen molar-refractivity contribution in [3.05, 3.63) is 89.5 Å². The molecule has 0 unspecified atom stereocenters. The van der Waals surface area contributed by atoms with Crippen LogP contribution in [0.25, 0.3) is 0 Å². The number of anilines is 2. The summed E-state index contributed by atoms with van der Waals surface area (Å²) in [5.41, 5.74) is 2.68. The van der Waals surface area contributed by atoms with Crippen molar-refractivity contribution in [1.29, 1.82) is 0 Å². The van der Waals surface area contributed by atoms with Crippen molar-refractivity contribution in [2.75, 3.05) is 10.0 Å². The van der Waals surface area contributed by atoms with Crippen molar-refractivity contribution in [3.8, 4) is 0 Å². The van der Waals surface area contributed by atoms with Crippen LogP contribution in [0.1, 0.15) is 39.1 Å². The Morgan fingerprint density at radius 1 is 0.812 bits per heavy atom. The van der Waals surface area contributed by atoms with E-state index < -0.39 is 15.9 Å². The van der Waals surface area contributed by atoms with E-state index in [2.05, 4.69) is 15.4 Å². The lowest BCUT2D eigenvalue weighted by Gasteiger charge is -2.10. The van der Waals surface area contributed by atoms with Crippen molar-refractivity contribution in [2.45, 2.75) is 30.7 Å². The van der Waals surface area contributed by atoms with Gasteiger partial charge in [0, 0.05) is 28.5 Å². The number of amides is 2. The van der Waals surface area contributed by atoms with Crippen molar-refractivity contribution < 1.29 is 18.0 Å². The van der Waals surface area contributed by atoms with Gasteiger partial charge in [-0.05, 0) is 74.4 Å². The SMILES string of the molecule is Cc1ccc(NS(=O)(=O)c2cccc(C(=O)Nc3ccc(C(=O)NC4CC4)cc3)c2)cc1. The summed E-state index contributed by atoms with van der Waals surface area (Å²) in [5, 5.41) is 5.63. The summed E-state index contributed by atoms with van der Waals surface area (Å²) in [6.07, 6.45) is 2.02. The van der Waals surface area contributed by atoms with E-state index in [0.717, 1.165) is 18.4 Å². The van der Waals surface area contributed by atoms with Crippen LogP contribution in [0.3, 0.4) is 0 Å². The number of hydrogen-bond donors (Lipinski definition) is 3. The third-order valence-electron chi connectivity index (χ3n) is 5.03. The molecule has 4 rings (SSSR count). The molecule has 0 heterocycles. The highest BCUT2D eigenvalue weighted by molar-refractivity contribution is 7.92. The molecular weight excluding hydrogens is 426 g/mol. The van der Waals surface area contributed by atoms with Crippen LogP contribution in [0.15, 0.2) is 77.7 Å². The van der Waals surface area contributed by atoms with Crippen LogP contribution in [0.2, 0.25) is 0 Å². The van der Waals surface area contributed by atoms with E-state index in [0.29, 0.717) is 16.9 Å². The highest BCUT2D eigenvalue weighted by Gasteiger charge is 2.23. The number of sulfonamides is 1. The van der Waals surface area contributed by atoms with Crippen molar-refractivity contribution in [1.82, 2.24) is 5.32 Å². The summed E-state index contributed by atoms with van der Waals surface area (Å²) in [6.45, 7) is 1.91. The lowest BCUT2D eigenvalue weighted by atomic mass is 10.1. The van der Waals surface area contributed by atoms with Crippen LogP contribution < -0.4 is 15.4 Å². The third kappa shape index (κ3) is 5.33. The van der Waals surface area contributed by atoms with Gasteiger partial charge in [-0.2, -0.15) is 0 Å². The maximum atomic E-state index is 12.7. The predicted molar refractivity (Wildman–Crippen MR) is 123 cm³/mol. The Kier molecular flexibility index (Phi) is 5.96. The molecule has 0 bridgehead atoms. The van der Waals surface area contributed by atoms with Gasteiger partial charge in [-0.15, -0.1) is 0 Å². The molecule has 0 saturated heterocycles. The molecule has 1 fully saturated rings. The summed E-state index contributed by atoms with van der Waals surface area (Å²) in [5.74, 6) is -0.586. The summed E-state index contributed by atoms with van der Waals surface area (Å²) >= 11 is 0. The fourth-order valence-corrected chi connectivity index (χ4v) is 4.15. The van der Waals surface area contributed by atoms with Crippen molar-refractivity contribution in [3.63, 3.8) is 0 Å². The molecular formula is C24H23N3O4S. The van der Waals surface area contributed by atoms with Crippen LogP contribution >= 0.6 is 0 Å². The van der Waals surface area contributed by atoms with Gasteiger partial charge in [0.2, 0.25) is 0 Å². The smallest absolute Gasteiger partial charge is 0.261 e. The lowest BCUT2D eigenvalue weighted by molar-refractivity contribution is 0.0950. The second-order valence-electron chi connectivity index (χ2n) is 7.78. The molecule has 2 amide bonds. The summed E-state index contributed by atoms with van der Waals surface area (Å²) in [7, 11) is -3.85. The van der Waals surface area contributed by atoms with Crippen molar-refractivity contribution in [2.24, 2.45) is 0 Å². The summed E-state index contributed by atoms with van der Waals surface area (Å²) < 4.78 is 28.0. The second-order valence-corrected chi connectivity index (χ2v) is 9.46. The molecule has 1 saturated carbocycles. The zero-order valence-electron chi connectivity index (χ0n) is 17.5. The molecule has 1 aliphatic carbocycles. The maximum Gasteiger partial charge on any atom is 0.261 e. The quantitative estimate of drug-likeness (QED) is 0.508. The van der Waals surface area contributed by atoms with Crippen LogP contribution in [0.4, 0.5) is 11.4 Å². The van der Waals surface area contributed by atoms with Gasteiger partial charge in [-0.1, -0.05) is 23.8 Å². The Bertz CT molecular complexity index is 1250. The normalized spacial score (nSPS) is 13.3. The number of nitrogens with one attached hydrogen (secondary N) is 3. The first kappa shape index (κ1) is 21.6. The van der Waals surface area contributed by atoms with Crippen molar-refractivity contribution >= 4 is 33.2 Å². The lowest BCUT2D eigenvalue weighted by Crippen LogP contribution is -2.25. The zero-order valence-corrected chi connectivity index (χ0v) is 18.3. The second kappa shape index (κ2) is 8.84. The number of carbonyl (C=O) groups is 2. The Morgan fingerprint density at radius 2 is 1.47 bits per heavy atom. The number of benzene rings is 3. The highest BCUT2D eigenvalue weighted by Crippen LogP contribution is 2.21. The molecule has 8 heteroatoms. The number of hydrogen-bond acceptors (Lipinski definition) is 4. The minimum Gasteiger partial charge on any atom is -0.349 e. The van der Waals surface area contributed by atoms with Gasteiger partial charge in [0.1, 0.15) is 0 Å². The number of rotatable bonds is 7. The fraction of sp³-hybridized carbons (Fsp3) is 0.167. The van der Waals surface area contributed by atoms with E-state index in [1.54, 1.807) is 36.4 Å². The standard InChI is InChI=1S/C24H23N3O4S/c1-16-5-9-21(10-6-16)27-32(30,31)22-4-2-3-18(15-22)24(29)26-19-11-7-17(8-12-19)23(28)25-20-13-14-20/h2-12,15,20,27H,13-14H2,1H3,(H,25,28)(H,26,29). The average Bonchev–Trinajstić information content (AvgIpc) is 3.60. The zero-order chi connectivity index (χ0) is 22.7. The predicted octanol–water partition coefficient (Wildman–Crippen LogP) is 3.94. The first-order valence-corrected chi connectivity index (χ1v) is 11.7. The van der Waals surface area contributed by atoms with E-state index in [1.807, 2.05) is 19.1 Å². The van der Waals surface area contributed by atoms with E-state index in [1.165, 1.54) is 24.3 Å². The minimum atomic E-state index is -3.85. The highest BCUT2D eigenvalue weighted by atomic mass is 32.2. The maximum absolute atomic E-state index is 12.7. The summed E-state index contributed by atoms with van der Waals surface area (Å²) in [4.78, 5) is 24.7. The largest absolute Gasteiger partial charge is 0.349 e. The van der Waals surface area contributed by atoms with E-state index in [4.69, 9.17) is 0 Å². The minimum absolute atomic E-state index is 0.0159. The molecule has 0 aromatic heterocycles. The molecule has 0 spiro atoms. The fourth-order valence-electron chi connectivity index (χ4n) is 3.04. The van der Waals surface area contributed by atoms with Gasteiger partial charge < -0.3 is 10.6 Å². The van der Waals surface area contributed by atoms with Gasteiger partial charge in [0.05, 0.1) is 4.90 Å². The Balaban J connectivity index is 1.44. The first-order valence-electron chi connectivity index (χ1n) is 10.2. The number of aryl methyl sites for hydroxylation is 1. The molecule has 3 aromatic rings. The molecule has 164 valence electrons. The van der Waals surface area contributed by atoms with Crippen LogP contribution in [0, 0.1) is 6.92 Å². The Labute approximate surface area is 186 Å².